The van der Waals surface area contributed by atoms with Crippen molar-refractivity contribution in [1.82, 2.24) is 0 Å². The fourth-order valence-electron chi connectivity index (χ4n) is 1.63. The summed E-state index contributed by atoms with van der Waals surface area (Å²) in [5, 5.41) is 0.220. The third-order valence-electron chi connectivity index (χ3n) is 2.66. The first-order valence-electron chi connectivity index (χ1n) is 5.55. The van der Waals surface area contributed by atoms with Gasteiger partial charge in [-0.05, 0) is 24.3 Å². The lowest BCUT2D eigenvalue weighted by atomic mass is 10.2. The molecule has 98 valence electrons. The highest BCUT2D eigenvalue weighted by Gasteiger charge is 2.17. The molecule has 0 radical (unpaired) electrons. The molecule has 0 fully saturated rings. The van der Waals surface area contributed by atoms with E-state index in [1.807, 2.05) is 0 Å². The molecule has 5 heteroatoms. The van der Waals surface area contributed by atoms with Gasteiger partial charge < -0.3 is 0 Å². The zero-order valence-corrected chi connectivity index (χ0v) is 12.3. The van der Waals surface area contributed by atoms with Gasteiger partial charge in [0.15, 0.2) is 5.78 Å². The minimum atomic E-state index is -3.51. The number of hydrogen-bond donors (Lipinski definition) is 0. The monoisotopic (exact) mass is 338 g/mol. The second kappa shape index (κ2) is 5.67. The highest BCUT2D eigenvalue weighted by molar-refractivity contribution is 9.09. The summed E-state index contributed by atoms with van der Waals surface area (Å²) in [5.74, 6) is -0.0799. The molecule has 3 nitrogen and oxygen atoms in total. The summed E-state index contributed by atoms with van der Waals surface area (Å²) < 4.78 is 24.6. The third-order valence-corrected chi connectivity index (χ3v) is 4.96. The van der Waals surface area contributed by atoms with Crippen molar-refractivity contribution in [2.24, 2.45) is 0 Å². The van der Waals surface area contributed by atoms with E-state index >= 15 is 0 Å². The van der Waals surface area contributed by atoms with Crippen LogP contribution in [0.2, 0.25) is 0 Å². The van der Waals surface area contributed by atoms with Gasteiger partial charge in [0.25, 0.3) is 0 Å². The number of benzene rings is 2. The molecule has 0 N–H and O–H groups in total. The van der Waals surface area contributed by atoms with Crippen LogP contribution in [0.3, 0.4) is 0 Å². The summed E-state index contributed by atoms with van der Waals surface area (Å²) in [6.07, 6.45) is 0. The van der Waals surface area contributed by atoms with Crippen LogP contribution < -0.4 is 0 Å². The van der Waals surface area contributed by atoms with Gasteiger partial charge in [0.05, 0.1) is 15.1 Å². The van der Waals surface area contributed by atoms with Crippen molar-refractivity contribution in [2.45, 2.75) is 9.79 Å². The number of halogens is 1. The van der Waals surface area contributed by atoms with Gasteiger partial charge in [-0.1, -0.05) is 46.3 Å². The minimum absolute atomic E-state index is 0.0799. The first-order valence-corrected chi connectivity index (χ1v) is 8.15. The molecular formula is C14H11BrO3S. The Morgan fingerprint density at radius 1 is 0.895 bits per heavy atom. The molecule has 2 rings (SSSR count). The molecular weight excluding hydrogens is 328 g/mol. The molecule has 0 heterocycles. The summed E-state index contributed by atoms with van der Waals surface area (Å²) >= 11 is 3.08. The summed E-state index contributed by atoms with van der Waals surface area (Å²) in [7, 11) is -3.51. The first kappa shape index (κ1) is 14.0. The fraction of sp³-hybridized carbons (Fsp3) is 0.0714. The minimum Gasteiger partial charge on any atom is -0.293 e. The maximum atomic E-state index is 12.3. The van der Waals surface area contributed by atoms with E-state index in [1.165, 1.54) is 24.3 Å². The summed E-state index contributed by atoms with van der Waals surface area (Å²) in [5.41, 5.74) is 0.490. The van der Waals surface area contributed by atoms with Crippen molar-refractivity contribution in [3.63, 3.8) is 0 Å². The van der Waals surface area contributed by atoms with Gasteiger partial charge in [0.2, 0.25) is 9.84 Å². The quantitative estimate of drug-likeness (QED) is 0.635. The fourth-order valence-corrected chi connectivity index (χ4v) is 3.24. The van der Waals surface area contributed by atoms with E-state index in [0.717, 1.165) is 0 Å². The van der Waals surface area contributed by atoms with Gasteiger partial charge in [-0.2, -0.15) is 0 Å². The normalized spacial score (nSPS) is 11.2. The van der Waals surface area contributed by atoms with Gasteiger partial charge in [-0.3, -0.25) is 4.79 Å². The second-order valence-electron chi connectivity index (χ2n) is 3.90. The smallest absolute Gasteiger partial charge is 0.206 e. The molecule has 0 saturated heterocycles. The van der Waals surface area contributed by atoms with Crippen LogP contribution in [0.1, 0.15) is 10.4 Å². The van der Waals surface area contributed by atoms with E-state index in [-0.39, 0.29) is 20.9 Å². The summed E-state index contributed by atoms with van der Waals surface area (Å²) in [6, 6.07) is 14.2. The van der Waals surface area contributed by atoms with Gasteiger partial charge in [-0.15, -0.1) is 0 Å². The number of rotatable bonds is 4. The lowest BCUT2D eigenvalue weighted by Crippen LogP contribution is -2.04. The van der Waals surface area contributed by atoms with Crippen molar-refractivity contribution in [3.8, 4) is 0 Å². The van der Waals surface area contributed by atoms with Gasteiger partial charge >= 0.3 is 0 Å². The predicted molar refractivity (Wildman–Crippen MR) is 76.5 cm³/mol. The standard InChI is InChI=1S/C14H11BrO3S/c15-10-14(16)11-6-8-13(9-7-11)19(17,18)12-4-2-1-3-5-12/h1-9H,10H2. The Bertz CT molecular complexity index is 676. The number of carbonyl (C=O) groups is 1. The Morgan fingerprint density at radius 3 is 1.95 bits per heavy atom. The maximum absolute atomic E-state index is 12.3. The number of Topliss-reactive ketones (excluding diaryl/α,β-unsaturated/α-hetero) is 1. The van der Waals surface area contributed by atoms with Gasteiger partial charge in [-0.25, -0.2) is 8.42 Å². The second-order valence-corrected chi connectivity index (χ2v) is 6.41. The SMILES string of the molecule is O=C(CBr)c1ccc(S(=O)(=O)c2ccccc2)cc1. The molecule has 0 amide bonds. The Kier molecular flexibility index (Phi) is 4.17. The number of alkyl halides is 1. The van der Waals surface area contributed by atoms with Crippen molar-refractivity contribution in [3.05, 3.63) is 60.2 Å². The van der Waals surface area contributed by atoms with Crippen LogP contribution in [0.4, 0.5) is 0 Å². The van der Waals surface area contributed by atoms with E-state index in [0.29, 0.717) is 5.56 Å². The first-order chi connectivity index (χ1) is 9.05. The van der Waals surface area contributed by atoms with E-state index in [1.54, 1.807) is 30.3 Å². The molecule has 0 aliphatic heterocycles. The van der Waals surface area contributed by atoms with Crippen LogP contribution in [0, 0.1) is 0 Å². The zero-order chi connectivity index (χ0) is 13.9. The van der Waals surface area contributed by atoms with Crippen molar-refractivity contribution >= 4 is 31.6 Å². The molecule has 0 saturated carbocycles. The van der Waals surface area contributed by atoms with Crippen LogP contribution in [0.5, 0.6) is 0 Å². The van der Waals surface area contributed by atoms with Crippen molar-refractivity contribution in [2.75, 3.05) is 5.33 Å². The Hall–Kier alpha value is -1.46. The lowest BCUT2D eigenvalue weighted by Gasteiger charge is -2.05. The topological polar surface area (TPSA) is 51.2 Å². The molecule has 0 spiro atoms. The Labute approximate surface area is 120 Å². The lowest BCUT2D eigenvalue weighted by molar-refractivity contribution is 0.102. The van der Waals surface area contributed by atoms with Crippen LogP contribution in [0.15, 0.2) is 64.4 Å². The highest BCUT2D eigenvalue weighted by Crippen LogP contribution is 2.20. The molecule has 0 atom stereocenters. The van der Waals surface area contributed by atoms with Gasteiger partial charge in [0.1, 0.15) is 0 Å². The van der Waals surface area contributed by atoms with Crippen molar-refractivity contribution < 1.29 is 13.2 Å². The molecule has 2 aromatic carbocycles. The van der Waals surface area contributed by atoms with Gasteiger partial charge in [0, 0.05) is 5.56 Å². The average molecular weight is 339 g/mol. The van der Waals surface area contributed by atoms with Crippen molar-refractivity contribution in [1.29, 1.82) is 0 Å². The van der Waals surface area contributed by atoms with Crippen LogP contribution in [-0.2, 0) is 9.84 Å². The molecule has 0 aromatic heterocycles. The highest BCUT2D eigenvalue weighted by atomic mass is 79.9. The van der Waals surface area contributed by atoms with E-state index in [2.05, 4.69) is 15.9 Å². The van der Waals surface area contributed by atoms with Crippen LogP contribution >= 0.6 is 15.9 Å². The number of ketones is 1. The van der Waals surface area contributed by atoms with Crippen LogP contribution in [-0.4, -0.2) is 19.5 Å². The molecule has 0 aliphatic rings. The van der Waals surface area contributed by atoms with E-state index in [9.17, 15) is 13.2 Å². The maximum Gasteiger partial charge on any atom is 0.206 e. The number of carbonyl (C=O) groups excluding carboxylic acids is 1. The Balaban J connectivity index is 2.40. The van der Waals surface area contributed by atoms with E-state index in [4.69, 9.17) is 0 Å². The van der Waals surface area contributed by atoms with Crippen LogP contribution in [0.25, 0.3) is 0 Å². The predicted octanol–water partition coefficient (Wildman–Crippen LogP) is 3.10. The molecule has 2 aromatic rings. The molecule has 19 heavy (non-hydrogen) atoms. The third kappa shape index (κ3) is 2.93. The largest absolute Gasteiger partial charge is 0.293 e. The molecule has 0 unspecified atom stereocenters. The summed E-state index contributed by atoms with van der Waals surface area (Å²) in [6.45, 7) is 0. The molecule has 0 bridgehead atoms. The zero-order valence-electron chi connectivity index (χ0n) is 9.91. The number of hydrogen-bond acceptors (Lipinski definition) is 3. The van der Waals surface area contributed by atoms with E-state index < -0.39 is 9.84 Å². The number of sulfone groups is 1. The summed E-state index contributed by atoms with van der Waals surface area (Å²) in [4.78, 5) is 11.9. The average Bonchev–Trinajstić information content (AvgIpc) is 2.47. The molecule has 0 aliphatic carbocycles. The Morgan fingerprint density at radius 2 is 1.42 bits per heavy atom.